The molecule has 0 unspecified atom stereocenters. The molecule has 0 N–H and O–H groups in total. The zero-order chi connectivity index (χ0) is 17.8. The normalized spacial score (nSPS) is 19.7. The molecule has 25 heavy (non-hydrogen) atoms. The smallest absolute Gasteiger partial charge is 0.253 e. The summed E-state index contributed by atoms with van der Waals surface area (Å²) in [7, 11) is 3.46. The standard InChI is InChI=1S/C20H29N3O2/c1-21(2)19(24)16-6-8-17(9-7-16)20(25)23-14-10-18(11-15-23)22-12-4-3-5-13-22/h6-9,18H,3-5,10-15H2,1-2H3. The van der Waals surface area contributed by atoms with Gasteiger partial charge < -0.3 is 14.7 Å². The van der Waals surface area contributed by atoms with Crippen LogP contribution in [0.5, 0.6) is 0 Å². The van der Waals surface area contributed by atoms with Gasteiger partial charge >= 0.3 is 0 Å². The molecule has 5 nitrogen and oxygen atoms in total. The molecule has 0 radical (unpaired) electrons. The quantitative estimate of drug-likeness (QED) is 0.847. The first-order chi connectivity index (χ1) is 12.1. The van der Waals surface area contributed by atoms with Gasteiger partial charge in [0.2, 0.25) is 0 Å². The number of benzene rings is 1. The van der Waals surface area contributed by atoms with Crippen LogP contribution in [0.4, 0.5) is 0 Å². The van der Waals surface area contributed by atoms with Crippen LogP contribution in [0, 0.1) is 0 Å². The van der Waals surface area contributed by atoms with Crippen LogP contribution in [-0.4, -0.2) is 72.8 Å². The maximum atomic E-state index is 12.7. The van der Waals surface area contributed by atoms with Crippen LogP contribution in [0.2, 0.25) is 0 Å². The second-order valence-corrected chi connectivity index (χ2v) is 7.40. The van der Waals surface area contributed by atoms with E-state index in [1.807, 2.05) is 4.90 Å². The summed E-state index contributed by atoms with van der Waals surface area (Å²) in [4.78, 5) is 30.8. The van der Waals surface area contributed by atoms with Gasteiger partial charge in [0.05, 0.1) is 0 Å². The number of likely N-dealkylation sites (tertiary alicyclic amines) is 2. The summed E-state index contributed by atoms with van der Waals surface area (Å²) in [5, 5.41) is 0. The molecule has 2 heterocycles. The molecule has 136 valence electrons. The van der Waals surface area contributed by atoms with Gasteiger partial charge in [0.15, 0.2) is 0 Å². The average Bonchev–Trinajstić information content (AvgIpc) is 2.67. The molecule has 0 spiro atoms. The minimum Gasteiger partial charge on any atom is -0.345 e. The molecular formula is C20H29N3O2. The van der Waals surface area contributed by atoms with Crippen LogP contribution in [0.25, 0.3) is 0 Å². The lowest BCUT2D eigenvalue weighted by atomic mass is 9.99. The minimum atomic E-state index is -0.0404. The second kappa shape index (κ2) is 8.00. The molecule has 0 bridgehead atoms. The number of hydrogen-bond acceptors (Lipinski definition) is 3. The van der Waals surface area contributed by atoms with E-state index in [1.165, 1.54) is 32.4 Å². The third-order valence-electron chi connectivity index (χ3n) is 5.44. The number of nitrogens with zero attached hydrogens (tertiary/aromatic N) is 3. The zero-order valence-electron chi connectivity index (χ0n) is 15.4. The summed E-state index contributed by atoms with van der Waals surface area (Å²) < 4.78 is 0. The van der Waals surface area contributed by atoms with Crippen molar-refractivity contribution in [3.05, 3.63) is 35.4 Å². The van der Waals surface area contributed by atoms with Crippen molar-refractivity contribution in [2.24, 2.45) is 0 Å². The fourth-order valence-corrected chi connectivity index (χ4v) is 3.91. The first-order valence-corrected chi connectivity index (χ1v) is 9.41. The lowest BCUT2D eigenvalue weighted by molar-refractivity contribution is 0.0589. The Kier molecular flexibility index (Phi) is 5.74. The Morgan fingerprint density at radius 1 is 0.880 bits per heavy atom. The number of piperidine rings is 2. The van der Waals surface area contributed by atoms with E-state index >= 15 is 0 Å². The Balaban J connectivity index is 1.56. The summed E-state index contributed by atoms with van der Waals surface area (Å²) in [6.07, 6.45) is 6.14. The SMILES string of the molecule is CN(C)C(=O)c1ccc(C(=O)N2CCC(N3CCCCC3)CC2)cc1. The van der Waals surface area contributed by atoms with Crippen LogP contribution in [0.1, 0.15) is 52.8 Å². The third-order valence-corrected chi connectivity index (χ3v) is 5.44. The number of amides is 2. The van der Waals surface area contributed by atoms with E-state index in [0.717, 1.165) is 25.9 Å². The molecule has 2 amide bonds. The molecule has 0 atom stereocenters. The van der Waals surface area contributed by atoms with E-state index in [-0.39, 0.29) is 11.8 Å². The van der Waals surface area contributed by atoms with Crippen LogP contribution < -0.4 is 0 Å². The average molecular weight is 343 g/mol. The largest absolute Gasteiger partial charge is 0.345 e. The highest BCUT2D eigenvalue weighted by atomic mass is 16.2. The van der Waals surface area contributed by atoms with Crippen molar-refractivity contribution in [2.45, 2.75) is 38.1 Å². The van der Waals surface area contributed by atoms with Crippen LogP contribution in [0.3, 0.4) is 0 Å². The minimum absolute atomic E-state index is 0.0404. The highest BCUT2D eigenvalue weighted by Gasteiger charge is 2.28. The van der Waals surface area contributed by atoms with Crippen LogP contribution in [0.15, 0.2) is 24.3 Å². The summed E-state index contributed by atoms with van der Waals surface area (Å²) in [5.74, 6) is 0.0438. The highest BCUT2D eigenvalue weighted by molar-refractivity contribution is 5.97. The van der Waals surface area contributed by atoms with Gasteiger partial charge in [-0.05, 0) is 63.0 Å². The fourth-order valence-electron chi connectivity index (χ4n) is 3.91. The molecule has 3 rings (SSSR count). The molecule has 2 aliphatic heterocycles. The van der Waals surface area contributed by atoms with Crippen LogP contribution in [-0.2, 0) is 0 Å². The van der Waals surface area contributed by atoms with Crippen molar-refractivity contribution in [1.29, 1.82) is 0 Å². The van der Waals surface area contributed by atoms with E-state index < -0.39 is 0 Å². The number of rotatable bonds is 3. The number of carbonyl (C=O) groups excluding carboxylic acids is 2. The van der Waals surface area contributed by atoms with Crippen molar-refractivity contribution < 1.29 is 9.59 Å². The van der Waals surface area contributed by atoms with Gasteiger partial charge in [0, 0.05) is 44.4 Å². The van der Waals surface area contributed by atoms with Crippen molar-refractivity contribution in [2.75, 3.05) is 40.3 Å². The van der Waals surface area contributed by atoms with Crippen molar-refractivity contribution >= 4 is 11.8 Å². The molecule has 0 aromatic heterocycles. The first-order valence-electron chi connectivity index (χ1n) is 9.41. The molecule has 0 aliphatic carbocycles. The predicted molar refractivity (Wildman–Crippen MR) is 98.8 cm³/mol. The highest BCUT2D eigenvalue weighted by Crippen LogP contribution is 2.22. The molecule has 5 heteroatoms. The Labute approximate surface area is 150 Å². The van der Waals surface area contributed by atoms with Crippen LogP contribution >= 0.6 is 0 Å². The van der Waals surface area contributed by atoms with E-state index in [9.17, 15) is 9.59 Å². The predicted octanol–water partition coefficient (Wildman–Crippen LogP) is 2.48. The molecule has 1 aromatic carbocycles. The summed E-state index contributed by atoms with van der Waals surface area (Å²) in [6.45, 7) is 4.11. The van der Waals surface area contributed by atoms with E-state index in [4.69, 9.17) is 0 Å². The van der Waals surface area contributed by atoms with Crippen molar-refractivity contribution in [3.8, 4) is 0 Å². The van der Waals surface area contributed by atoms with Gasteiger partial charge in [-0.1, -0.05) is 6.42 Å². The van der Waals surface area contributed by atoms with E-state index in [0.29, 0.717) is 17.2 Å². The van der Waals surface area contributed by atoms with Gasteiger partial charge in [-0.15, -0.1) is 0 Å². The topological polar surface area (TPSA) is 43.9 Å². The Hall–Kier alpha value is -1.88. The Bertz CT molecular complexity index is 598. The molecule has 0 saturated carbocycles. The van der Waals surface area contributed by atoms with E-state index in [1.54, 1.807) is 43.3 Å². The van der Waals surface area contributed by atoms with E-state index in [2.05, 4.69) is 4.90 Å². The first kappa shape index (κ1) is 17.9. The van der Waals surface area contributed by atoms with Gasteiger partial charge in [-0.25, -0.2) is 0 Å². The van der Waals surface area contributed by atoms with Gasteiger partial charge in [0.1, 0.15) is 0 Å². The van der Waals surface area contributed by atoms with Gasteiger partial charge in [0.25, 0.3) is 11.8 Å². The second-order valence-electron chi connectivity index (χ2n) is 7.40. The molecule has 2 aliphatic rings. The number of carbonyl (C=O) groups is 2. The maximum absolute atomic E-state index is 12.7. The van der Waals surface area contributed by atoms with Gasteiger partial charge in [-0.2, -0.15) is 0 Å². The molecule has 2 saturated heterocycles. The summed E-state index contributed by atoms with van der Waals surface area (Å²) in [5.41, 5.74) is 1.29. The van der Waals surface area contributed by atoms with Crippen molar-refractivity contribution in [3.63, 3.8) is 0 Å². The summed E-state index contributed by atoms with van der Waals surface area (Å²) in [6, 6.07) is 7.68. The summed E-state index contributed by atoms with van der Waals surface area (Å²) >= 11 is 0. The lowest BCUT2D eigenvalue weighted by Gasteiger charge is -2.40. The molecule has 1 aromatic rings. The fraction of sp³-hybridized carbons (Fsp3) is 0.600. The van der Waals surface area contributed by atoms with Crippen molar-refractivity contribution in [1.82, 2.24) is 14.7 Å². The third kappa shape index (κ3) is 4.21. The number of hydrogen-bond donors (Lipinski definition) is 0. The lowest BCUT2D eigenvalue weighted by Crippen LogP contribution is -2.48. The Morgan fingerprint density at radius 2 is 1.44 bits per heavy atom. The Morgan fingerprint density at radius 3 is 2.00 bits per heavy atom. The molecule has 2 fully saturated rings. The maximum Gasteiger partial charge on any atom is 0.253 e. The zero-order valence-corrected chi connectivity index (χ0v) is 15.4. The van der Waals surface area contributed by atoms with Gasteiger partial charge in [-0.3, -0.25) is 9.59 Å². The monoisotopic (exact) mass is 343 g/mol. The molecular weight excluding hydrogens is 314 g/mol.